The lowest BCUT2D eigenvalue weighted by atomic mass is 9.91. The maximum atomic E-state index is 11.0. The van der Waals surface area contributed by atoms with Crippen LogP contribution in [0.5, 0.6) is 0 Å². The minimum Gasteiger partial charge on any atom is -0.462 e. The first-order chi connectivity index (χ1) is 6.45. The molecule has 14 heavy (non-hydrogen) atoms. The van der Waals surface area contributed by atoms with Gasteiger partial charge in [0.25, 0.3) is 0 Å². The van der Waals surface area contributed by atoms with E-state index < -0.39 is 0 Å². The SMILES string of the molecule is C=C(C)C(=O)OCCC(N)(CC)CC. The van der Waals surface area contributed by atoms with Gasteiger partial charge in [0, 0.05) is 11.1 Å². The van der Waals surface area contributed by atoms with E-state index in [1.54, 1.807) is 6.92 Å². The van der Waals surface area contributed by atoms with Crippen molar-refractivity contribution in [1.29, 1.82) is 0 Å². The summed E-state index contributed by atoms with van der Waals surface area (Å²) in [4.78, 5) is 11.0. The van der Waals surface area contributed by atoms with Crippen LogP contribution in [0.25, 0.3) is 0 Å². The van der Waals surface area contributed by atoms with Gasteiger partial charge in [-0.15, -0.1) is 0 Å². The molecule has 0 aliphatic heterocycles. The lowest BCUT2D eigenvalue weighted by Crippen LogP contribution is -2.39. The van der Waals surface area contributed by atoms with Crippen molar-refractivity contribution in [2.45, 2.75) is 45.6 Å². The molecular formula is C11H21NO2. The maximum absolute atomic E-state index is 11.0. The van der Waals surface area contributed by atoms with Gasteiger partial charge >= 0.3 is 5.97 Å². The summed E-state index contributed by atoms with van der Waals surface area (Å²) >= 11 is 0. The summed E-state index contributed by atoms with van der Waals surface area (Å²) in [7, 11) is 0. The fourth-order valence-corrected chi connectivity index (χ4v) is 1.07. The van der Waals surface area contributed by atoms with Crippen molar-refractivity contribution in [3.63, 3.8) is 0 Å². The number of rotatable bonds is 6. The summed E-state index contributed by atoms with van der Waals surface area (Å²) < 4.78 is 4.98. The van der Waals surface area contributed by atoms with Crippen LogP contribution in [0.2, 0.25) is 0 Å². The fourth-order valence-electron chi connectivity index (χ4n) is 1.07. The van der Waals surface area contributed by atoms with Crippen molar-refractivity contribution in [1.82, 2.24) is 0 Å². The van der Waals surface area contributed by atoms with E-state index >= 15 is 0 Å². The zero-order valence-electron chi connectivity index (χ0n) is 9.43. The predicted molar refractivity (Wildman–Crippen MR) is 57.9 cm³/mol. The number of carbonyl (C=O) groups excluding carboxylic acids is 1. The van der Waals surface area contributed by atoms with Gasteiger partial charge < -0.3 is 10.5 Å². The number of ether oxygens (including phenoxy) is 1. The molecule has 0 spiro atoms. The second kappa shape index (κ2) is 5.81. The molecule has 82 valence electrons. The number of carbonyl (C=O) groups is 1. The fraction of sp³-hybridized carbons (Fsp3) is 0.727. The molecule has 0 rings (SSSR count). The molecule has 0 bridgehead atoms. The Morgan fingerprint density at radius 1 is 1.43 bits per heavy atom. The van der Waals surface area contributed by atoms with Crippen LogP contribution in [0.1, 0.15) is 40.0 Å². The highest BCUT2D eigenvalue weighted by Crippen LogP contribution is 2.15. The molecule has 0 radical (unpaired) electrons. The summed E-state index contributed by atoms with van der Waals surface area (Å²) in [5.41, 5.74) is 6.28. The Labute approximate surface area is 86.3 Å². The van der Waals surface area contributed by atoms with E-state index in [2.05, 4.69) is 6.58 Å². The molecule has 2 N–H and O–H groups in total. The molecule has 3 nitrogen and oxygen atoms in total. The van der Waals surface area contributed by atoms with Crippen molar-refractivity contribution in [3.05, 3.63) is 12.2 Å². The van der Waals surface area contributed by atoms with Crippen LogP contribution in [0, 0.1) is 0 Å². The first-order valence-corrected chi connectivity index (χ1v) is 5.06. The van der Waals surface area contributed by atoms with Gasteiger partial charge in [-0.1, -0.05) is 20.4 Å². The normalized spacial score (nSPS) is 11.1. The molecule has 0 aliphatic rings. The summed E-state index contributed by atoms with van der Waals surface area (Å²) in [6.07, 6.45) is 2.50. The van der Waals surface area contributed by atoms with Crippen LogP contribution in [0.3, 0.4) is 0 Å². The predicted octanol–water partition coefficient (Wildman–Crippen LogP) is 2.01. The van der Waals surface area contributed by atoms with Crippen molar-refractivity contribution in [2.75, 3.05) is 6.61 Å². The minimum atomic E-state index is -0.334. The van der Waals surface area contributed by atoms with E-state index in [0.29, 0.717) is 18.6 Å². The van der Waals surface area contributed by atoms with E-state index in [4.69, 9.17) is 10.5 Å². The van der Waals surface area contributed by atoms with Crippen molar-refractivity contribution < 1.29 is 9.53 Å². The molecular weight excluding hydrogens is 178 g/mol. The van der Waals surface area contributed by atoms with Crippen molar-refractivity contribution in [3.8, 4) is 0 Å². The van der Waals surface area contributed by atoms with E-state index in [-0.39, 0.29) is 11.5 Å². The summed E-state index contributed by atoms with van der Waals surface area (Å²) in [5.74, 6) is -0.334. The number of nitrogens with two attached hydrogens (primary N) is 1. The third-order valence-corrected chi connectivity index (χ3v) is 2.59. The highest BCUT2D eigenvalue weighted by atomic mass is 16.5. The summed E-state index contributed by atoms with van der Waals surface area (Å²) in [6.45, 7) is 9.61. The van der Waals surface area contributed by atoms with Crippen LogP contribution in [0.4, 0.5) is 0 Å². The second-order valence-electron chi connectivity index (χ2n) is 3.74. The molecule has 0 atom stereocenters. The second-order valence-corrected chi connectivity index (χ2v) is 3.74. The largest absolute Gasteiger partial charge is 0.462 e. The zero-order chi connectivity index (χ0) is 11.2. The van der Waals surface area contributed by atoms with Crippen LogP contribution in [-0.4, -0.2) is 18.1 Å². The molecule has 3 heteroatoms. The molecule has 0 unspecified atom stereocenters. The van der Waals surface area contributed by atoms with Gasteiger partial charge in [0.1, 0.15) is 0 Å². The van der Waals surface area contributed by atoms with Crippen LogP contribution < -0.4 is 5.73 Å². The average Bonchev–Trinajstić information content (AvgIpc) is 2.17. The molecule has 0 aliphatic carbocycles. The van der Waals surface area contributed by atoms with Gasteiger partial charge in [0.15, 0.2) is 0 Å². The lowest BCUT2D eigenvalue weighted by molar-refractivity contribution is -0.139. The van der Waals surface area contributed by atoms with E-state index in [9.17, 15) is 4.79 Å². The van der Waals surface area contributed by atoms with Crippen LogP contribution in [-0.2, 0) is 9.53 Å². The maximum Gasteiger partial charge on any atom is 0.333 e. The lowest BCUT2D eigenvalue weighted by Gasteiger charge is -2.26. The van der Waals surface area contributed by atoms with Crippen molar-refractivity contribution >= 4 is 5.97 Å². The number of hydrogen-bond donors (Lipinski definition) is 1. The van der Waals surface area contributed by atoms with Gasteiger partial charge in [0.05, 0.1) is 6.61 Å². The molecule has 0 amide bonds. The third kappa shape index (κ3) is 4.42. The highest BCUT2D eigenvalue weighted by molar-refractivity contribution is 5.86. The molecule has 0 aromatic rings. The van der Waals surface area contributed by atoms with Gasteiger partial charge in [0.2, 0.25) is 0 Å². The Balaban J connectivity index is 3.83. The summed E-state index contributed by atoms with van der Waals surface area (Å²) in [6, 6.07) is 0. The zero-order valence-corrected chi connectivity index (χ0v) is 9.43. The molecule has 0 saturated carbocycles. The Hall–Kier alpha value is -0.830. The van der Waals surface area contributed by atoms with Crippen LogP contribution in [0.15, 0.2) is 12.2 Å². The van der Waals surface area contributed by atoms with E-state index in [1.165, 1.54) is 0 Å². The van der Waals surface area contributed by atoms with E-state index in [0.717, 1.165) is 12.8 Å². The smallest absolute Gasteiger partial charge is 0.333 e. The van der Waals surface area contributed by atoms with Gasteiger partial charge in [-0.05, 0) is 26.2 Å². The standard InChI is InChI=1S/C11H21NO2/c1-5-11(12,6-2)7-8-14-10(13)9(3)4/h3,5-8,12H2,1-2,4H3. The van der Waals surface area contributed by atoms with Gasteiger partial charge in [-0.3, -0.25) is 0 Å². The quantitative estimate of drug-likeness (QED) is 0.526. The summed E-state index contributed by atoms with van der Waals surface area (Å²) in [5, 5.41) is 0. The average molecular weight is 199 g/mol. The number of esters is 1. The Kier molecular flexibility index (Phi) is 5.46. The van der Waals surface area contributed by atoms with Gasteiger partial charge in [-0.2, -0.15) is 0 Å². The Bertz CT molecular complexity index is 207. The van der Waals surface area contributed by atoms with Crippen LogP contribution >= 0.6 is 0 Å². The highest BCUT2D eigenvalue weighted by Gasteiger charge is 2.20. The Morgan fingerprint density at radius 2 is 1.93 bits per heavy atom. The first kappa shape index (κ1) is 13.2. The van der Waals surface area contributed by atoms with Crippen molar-refractivity contribution in [2.24, 2.45) is 5.73 Å². The third-order valence-electron chi connectivity index (χ3n) is 2.59. The Morgan fingerprint density at radius 3 is 2.29 bits per heavy atom. The monoisotopic (exact) mass is 199 g/mol. The molecule has 0 aromatic carbocycles. The first-order valence-electron chi connectivity index (χ1n) is 5.06. The molecule has 0 heterocycles. The van der Waals surface area contributed by atoms with Gasteiger partial charge in [-0.25, -0.2) is 4.79 Å². The molecule has 0 fully saturated rings. The molecule has 0 saturated heterocycles. The molecule has 0 aromatic heterocycles. The number of hydrogen-bond acceptors (Lipinski definition) is 3. The minimum absolute atomic E-state index is 0.199. The topological polar surface area (TPSA) is 52.3 Å². The van der Waals surface area contributed by atoms with E-state index in [1.807, 2.05) is 13.8 Å².